The van der Waals surface area contributed by atoms with E-state index >= 15 is 0 Å². The van der Waals surface area contributed by atoms with Crippen molar-refractivity contribution in [1.29, 1.82) is 0 Å². The predicted octanol–water partition coefficient (Wildman–Crippen LogP) is 2.44. The van der Waals surface area contributed by atoms with E-state index in [1.54, 1.807) is 0 Å². The summed E-state index contributed by atoms with van der Waals surface area (Å²) in [6.07, 6.45) is 8.50. The predicted molar refractivity (Wildman–Crippen MR) is 70.3 cm³/mol. The molecule has 0 aromatic carbocycles. The highest BCUT2D eigenvalue weighted by Gasteiger charge is 2.21. The largest absolute Gasteiger partial charge is 0.384 e. The van der Waals surface area contributed by atoms with Gasteiger partial charge in [-0.3, -0.25) is 0 Å². The number of rotatable bonds is 3. The van der Waals surface area contributed by atoms with Crippen LogP contribution in [0.25, 0.3) is 0 Å². The maximum Gasteiger partial charge on any atom is 0.133 e. The number of ether oxygens (including phenoxy) is 1. The van der Waals surface area contributed by atoms with E-state index in [1.807, 2.05) is 6.07 Å². The number of anilines is 1. The first-order chi connectivity index (χ1) is 8.81. The van der Waals surface area contributed by atoms with Crippen molar-refractivity contribution in [2.45, 2.75) is 57.0 Å². The van der Waals surface area contributed by atoms with Crippen LogP contribution in [0.4, 0.5) is 5.82 Å². The first-order valence-electron chi connectivity index (χ1n) is 7.06. The van der Waals surface area contributed by atoms with Crippen LogP contribution in [-0.2, 0) is 11.2 Å². The molecule has 2 heterocycles. The molecular formula is C14H21N3O. The number of nitrogens with two attached hydrogens (primary N) is 1. The van der Waals surface area contributed by atoms with E-state index in [2.05, 4.69) is 4.98 Å². The average molecular weight is 247 g/mol. The molecule has 1 aromatic rings. The first-order valence-corrected chi connectivity index (χ1v) is 7.06. The van der Waals surface area contributed by atoms with Crippen LogP contribution in [0.2, 0.25) is 0 Å². The maximum absolute atomic E-state index is 5.91. The highest BCUT2D eigenvalue weighted by molar-refractivity contribution is 5.31. The summed E-state index contributed by atoms with van der Waals surface area (Å²) in [6, 6.07) is 1.95. The van der Waals surface area contributed by atoms with Crippen molar-refractivity contribution in [3.8, 4) is 0 Å². The number of hydrogen-bond acceptors (Lipinski definition) is 4. The van der Waals surface area contributed by atoms with E-state index in [0.717, 1.165) is 37.4 Å². The lowest BCUT2D eigenvalue weighted by Crippen LogP contribution is -2.14. The van der Waals surface area contributed by atoms with E-state index in [1.165, 1.54) is 25.7 Å². The molecule has 1 aromatic heterocycles. The van der Waals surface area contributed by atoms with E-state index < -0.39 is 0 Å². The van der Waals surface area contributed by atoms with Gasteiger partial charge in [-0.05, 0) is 25.7 Å². The zero-order chi connectivity index (χ0) is 12.4. The number of nitrogen functional groups attached to an aromatic ring is 1. The van der Waals surface area contributed by atoms with Gasteiger partial charge in [0, 0.05) is 30.7 Å². The zero-order valence-corrected chi connectivity index (χ0v) is 10.8. The summed E-state index contributed by atoms with van der Waals surface area (Å²) in [7, 11) is 0. The van der Waals surface area contributed by atoms with Crippen LogP contribution in [0.15, 0.2) is 6.07 Å². The standard InChI is InChI=1S/C14H21N3O/c15-13-9-12(10-4-1-2-5-10)16-14(17-13)8-11-6-3-7-18-11/h9-11H,1-8H2,(H2,15,16,17). The van der Waals surface area contributed by atoms with Crippen molar-refractivity contribution in [3.05, 3.63) is 17.6 Å². The summed E-state index contributed by atoms with van der Waals surface area (Å²) in [5.41, 5.74) is 7.06. The third kappa shape index (κ3) is 2.64. The van der Waals surface area contributed by atoms with Crippen LogP contribution in [0, 0.1) is 0 Å². The minimum atomic E-state index is 0.295. The highest BCUT2D eigenvalue weighted by Crippen LogP contribution is 2.33. The molecule has 4 nitrogen and oxygen atoms in total. The minimum absolute atomic E-state index is 0.295. The Kier molecular flexibility index (Phi) is 3.46. The van der Waals surface area contributed by atoms with Crippen LogP contribution >= 0.6 is 0 Å². The lowest BCUT2D eigenvalue weighted by molar-refractivity contribution is 0.110. The van der Waals surface area contributed by atoms with Crippen molar-refractivity contribution in [2.75, 3.05) is 12.3 Å². The summed E-state index contributed by atoms with van der Waals surface area (Å²) < 4.78 is 5.64. The Balaban J connectivity index is 1.76. The molecule has 0 spiro atoms. The molecule has 1 aliphatic carbocycles. The molecule has 1 unspecified atom stereocenters. The topological polar surface area (TPSA) is 61.0 Å². The number of hydrogen-bond donors (Lipinski definition) is 1. The van der Waals surface area contributed by atoms with Gasteiger partial charge in [0.2, 0.25) is 0 Å². The second kappa shape index (κ2) is 5.22. The van der Waals surface area contributed by atoms with Gasteiger partial charge in [-0.25, -0.2) is 9.97 Å². The molecule has 1 atom stereocenters. The molecular weight excluding hydrogens is 226 g/mol. The van der Waals surface area contributed by atoms with Crippen molar-refractivity contribution >= 4 is 5.82 Å². The van der Waals surface area contributed by atoms with Gasteiger partial charge in [-0.1, -0.05) is 12.8 Å². The Morgan fingerprint density at radius 1 is 1.17 bits per heavy atom. The Morgan fingerprint density at radius 2 is 2.00 bits per heavy atom. The normalized spacial score (nSPS) is 24.8. The summed E-state index contributed by atoms with van der Waals surface area (Å²) >= 11 is 0. The third-order valence-corrected chi connectivity index (χ3v) is 4.02. The SMILES string of the molecule is Nc1cc(C2CCCC2)nc(CC2CCCO2)n1. The molecule has 1 aliphatic heterocycles. The Bertz CT molecular complexity index is 410. The molecule has 2 N–H and O–H groups in total. The maximum atomic E-state index is 5.91. The van der Waals surface area contributed by atoms with Crippen LogP contribution in [0.3, 0.4) is 0 Å². The Labute approximate surface area is 108 Å². The van der Waals surface area contributed by atoms with Crippen molar-refractivity contribution < 1.29 is 4.74 Å². The third-order valence-electron chi connectivity index (χ3n) is 4.02. The van der Waals surface area contributed by atoms with Gasteiger partial charge in [-0.15, -0.1) is 0 Å². The van der Waals surface area contributed by atoms with Gasteiger partial charge >= 0.3 is 0 Å². The monoisotopic (exact) mass is 247 g/mol. The van der Waals surface area contributed by atoms with Gasteiger partial charge in [-0.2, -0.15) is 0 Å². The number of aromatic nitrogens is 2. The molecule has 2 aliphatic rings. The van der Waals surface area contributed by atoms with Crippen LogP contribution in [-0.4, -0.2) is 22.7 Å². The second-order valence-corrected chi connectivity index (χ2v) is 5.45. The van der Waals surface area contributed by atoms with Crippen molar-refractivity contribution in [1.82, 2.24) is 9.97 Å². The summed E-state index contributed by atoms with van der Waals surface area (Å²) in [4.78, 5) is 9.06. The fraction of sp³-hybridized carbons (Fsp3) is 0.714. The summed E-state index contributed by atoms with van der Waals surface area (Å²) in [5.74, 6) is 2.07. The molecule has 3 rings (SSSR count). The average Bonchev–Trinajstić information content (AvgIpc) is 3.00. The molecule has 0 radical (unpaired) electrons. The molecule has 0 bridgehead atoms. The molecule has 2 fully saturated rings. The smallest absolute Gasteiger partial charge is 0.133 e. The van der Waals surface area contributed by atoms with Gasteiger partial charge in [0.05, 0.1) is 6.10 Å². The van der Waals surface area contributed by atoms with Crippen LogP contribution in [0.5, 0.6) is 0 Å². The van der Waals surface area contributed by atoms with E-state index in [-0.39, 0.29) is 0 Å². The summed E-state index contributed by atoms with van der Waals surface area (Å²) in [6.45, 7) is 0.877. The minimum Gasteiger partial charge on any atom is -0.384 e. The van der Waals surface area contributed by atoms with Crippen molar-refractivity contribution in [2.24, 2.45) is 0 Å². The van der Waals surface area contributed by atoms with Crippen molar-refractivity contribution in [3.63, 3.8) is 0 Å². The number of nitrogens with zero attached hydrogens (tertiary/aromatic N) is 2. The van der Waals surface area contributed by atoms with E-state index in [4.69, 9.17) is 15.5 Å². The molecule has 98 valence electrons. The Hall–Kier alpha value is -1.16. The summed E-state index contributed by atoms with van der Waals surface area (Å²) in [5, 5.41) is 0. The fourth-order valence-corrected chi connectivity index (χ4v) is 3.07. The quantitative estimate of drug-likeness (QED) is 0.891. The highest BCUT2D eigenvalue weighted by atomic mass is 16.5. The lowest BCUT2D eigenvalue weighted by atomic mass is 10.0. The molecule has 4 heteroatoms. The molecule has 0 amide bonds. The van der Waals surface area contributed by atoms with Gasteiger partial charge in [0.15, 0.2) is 0 Å². The van der Waals surface area contributed by atoms with Crippen LogP contribution in [0.1, 0.15) is 56.0 Å². The van der Waals surface area contributed by atoms with E-state index in [9.17, 15) is 0 Å². The first kappa shape index (κ1) is 11.9. The molecule has 1 saturated carbocycles. The van der Waals surface area contributed by atoms with Gasteiger partial charge in [0.25, 0.3) is 0 Å². The van der Waals surface area contributed by atoms with Crippen LogP contribution < -0.4 is 5.73 Å². The van der Waals surface area contributed by atoms with E-state index in [0.29, 0.717) is 17.8 Å². The zero-order valence-electron chi connectivity index (χ0n) is 10.8. The van der Waals surface area contributed by atoms with Gasteiger partial charge in [0.1, 0.15) is 11.6 Å². The van der Waals surface area contributed by atoms with Gasteiger partial charge < -0.3 is 10.5 Å². The molecule has 18 heavy (non-hydrogen) atoms. The lowest BCUT2D eigenvalue weighted by Gasteiger charge is -2.13. The fourth-order valence-electron chi connectivity index (χ4n) is 3.07. The Morgan fingerprint density at radius 3 is 2.72 bits per heavy atom. The second-order valence-electron chi connectivity index (χ2n) is 5.45. The molecule has 1 saturated heterocycles.